The van der Waals surface area contributed by atoms with E-state index in [1.165, 1.54) is 0 Å². The van der Waals surface area contributed by atoms with Crippen LogP contribution in [0.2, 0.25) is 0 Å². The van der Waals surface area contributed by atoms with Crippen LogP contribution in [-0.4, -0.2) is 65.6 Å². The Balaban J connectivity index is 1.66. The summed E-state index contributed by atoms with van der Waals surface area (Å²) in [5.41, 5.74) is 6.39. The van der Waals surface area contributed by atoms with Crippen molar-refractivity contribution in [2.75, 3.05) is 33.7 Å². The minimum Gasteiger partial charge on any atom is -0.386 e. The van der Waals surface area contributed by atoms with Crippen LogP contribution in [0.5, 0.6) is 0 Å². The largest absolute Gasteiger partial charge is 0.386 e. The number of carbonyl (C=O) groups is 1. The van der Waals surface area contributed by atoms with E-state index in [4.69, 9.17) is 0 Å². The van der Waals surface area contributed by atoms with Crippen molar-refractivity contribution in [3.05, 3.63) is 72.3 Å². The zero-order chi connectivity index (χ0) is 27.3. The van der Waals surface area contributed by atoms with Gasteiger partial charge in [0.2, 0.25) is 5.91 Å². The fourth-order valence-corrected chi connectivity index (χ4v) is 4.31. The fraction of sp³-hybridized carbons (Fsp3) is 0.387. The average Bonchev–Trinajstić information content (AvgIpc) is 3.41. The summed E-state index contributed by atoms with van der Waals surface area (Å²) in [4.78, 5) is 28.7. The third-order valence-electron chi connectivity index (χ3n) is 6.42. The Bertz CT molecular complexity index is 1190. The zero-order valence-electron chi connectivity index (χ0n) is 23.5. The molecule has 0 spiro atoms. The van der Waals surface area contributed by atoms with E-state index in [1.807, 2.05) is 37.5 Å². The molecule has 0 saturated carbocycles. The molecule has 202 valence electrons. The number of imidazole rings is 1. The summed E-state index contributed by atoms with van der Waals surface area (Å²) in [6, 6.07) is 17.0. The van der Waals surface area contributed by atoms with Crippen LogP contribution in [0, 0.1) is 0 Å². The second-order valence-electron chi connectivity index (χ2n) is 9.45. The molecule has 2 aromatic carbocycles. The Kier molecular flexibility index (Phi) is 11.3. The van der Waals surface area contributed by atoms with Gasteiger partial charge in [0.1, 0.15) is 5.82 Å². The second-order valence-corrected chi connectivity index (χ2v) is 9.45. The number of nitrogens with zero attached hydrogens (tertiary/aromatic N) is 4. The van der Waals surface area contributed by atoms with E-state index in [0.717, 1.165) is 71.9 Å². The van der Waals surface area contributed by atoms with E-state index >= 15 is 0 Å². The molecule has 1 aromatic heterocycles. The lowest BCUT2D eigenvalue weighted by molar-refractivity contribution is -0.131. The van der Waals surface area contributed by atoms with Crippen molar-refractivity contribution in [2.45, 2.75) is 46.6 Å². The SMILES string of the molecule is CCCN(C)CC=N/C=C(\NC)c1ccc(-c2ccc(-c3cnc(CN(CCC)C(=O)CC)[nH]3)cc2)cc1. The van der Waals surface area contributed by atoms with Gasteiger partial charge >= 0.3 is 0 Å². The first-order chi connectivity index (χ1) is 18.5. The molecule has 1 amide bonds. The van der Waals surface area contributed by atoms with Crippen LogP contribution in [0.3, 0.4) is 0 Å². The molecule has 0 atom stereocenters. The highest BCUT2D eigenvalue weighted by Crippen LogP contribution is 2.25. The van der Waals surface area contributed by atoms with Crippen LogP contribution in [0.25, 0.3) is 28.1 Å². The molecule has 0 fully saturated rings. The average molecular weight is 515 g/mol. The Morgan fingerprint density at radius 1 is 0.974 bits per heavy atom. The molecule has 7 nitrogen and oxygen atoms in total. The van der Waals surface area contributed by atoms with Gasteiger partial charge in [-0.15, -0.1) is 0 Å². The second kappa shape index (κ2) is 14.9. The van der Waals surface area contributed by atoms with E-state index in [1.54, 1.807) is 0 Å². The third-order valence-corrected chi connectivity index (χ3v) is 6.42. The number of H-pyrrole nitrogens is 1. The first-order valence-electron chi connectivity index (χ1n) is 13.6. The minimum absolute atomic E-state index is 0.153. The van der Waals surface area contributed by atoms with Crippen molar-refractivity contribution in [1.82, 2.24) is 25.1 Å². The number of hydrogen-bond donors (Lipinski definition) is 2. The summed E-state index contributed by atoms with van der Waals surface area (Å²) in [7, 11) is 4.02. The predicted molar refractivity (Wildman–Crippen MR) is 159 cm³/mol. The molecule has 0 bridgehead atoms. The molecule has 3 aromatic rings. The molecule has 0 aliphatic carbocycles. The molecule has 0 radical (unpaired) electrons. The number of benzene rings is 2. The van der Waals surface area contributed by atoms with Crippen molar-refractivity contribution >= 4 is 17.8 Å². The number of amides is 1. The first kappa shape index (κ1) is 28.9. The molecule has 38 heavy (non-hydrogen) atoms. The Morgan fingerprint density at radius 3 is 2.21 bits per heavy atom. The van der Waals surface area contributed by atoms with Crippen molar-refractivity contribution < 1.29 is 4.79 Å². The van der Waals surface area contributed by atoms with Crippen molar-refractivity contribution in [3.8, 4) is 22.4 Å². The molecule has 2 N–H and O–H groups in total. The maximum Gasteiger partial charge on any atom is 0.222 e. The number of aliphatic imine (C=N–C) groups is 1. The van der Waals surface area contributed by atoms with Gasteiger partial charge in [-0.2, -0.15) is 0 Å². The monoisotopic (exact) mass is 514 g/mol. The highest BCUT2D eigenvalue weighted by atomic mass is 16.2. The lowest BCUT2D eigenvalue weighted by Gasteiger charge is -2.20. The number of aromatic amines is 1. The number of hydrogen-bond acceptors (Lipinski definition) is 5. The molecule has 3 rings (SSSR count). The summed E-state index contributed by atoms with van der Waals surface area (Å²) in [5, 5.41) is 3.25. The van der Waals surface area contributed by atoms with Crippen LogP contribution in [0.15, 0.2) is 65.9 Å². The quantitative estimate of drug-likeness (QED) is 0.266. The number of aromatic nitrogens is 2. The summed E-state index contributed by atoms with van der Waals surface area (Å²) in [6.45, 7) is 9.32. The molecule has 0 saturated heterocycles. The Hall–Kier alpha value is -3.71. The summed E-state index contributed by atoms with van der Waals surface area (Å²) in [6.07, 6.45) is 8.24. The van der Waals surface area contributed by atoms with Crippen LogP contribution in [-0.2, 0) is 11.3 Å². The molecule has 0 unspecified atom stereocenters. The van der Waals surface area contributed by atoms with Crippen molar-refractivity contribution in [3.63, 3.8) is 0 Å². The van der Waals surface area contributed by atoms with Gasteiger partial charge in [0, 0.05) is 32.8 Å². The summed E-state index contributed by atoms with van der Waals surface area (Å²) >= 11 is 0. The van der Waals surface area contributed by atoms with E-state index in [2.05, 4.69) is 94.6 Å². The van der Waals surface area contributed by atoms with Crippen LogP contribution in [0.4, 0.5) is 0 Å². The van der Waals surface area contributed by atoms with Gasteiger partial charge < -0.3 is 20.1 Å². The van der Waals surface area contributed by atoms with Crippen LogP contribution < -0.4 is 5.32 Å². The number of rotatable bonds is 14. The molecule has 7 heteroatoms. The maximum absolute atomic E-state index is 12.2. The van der Waals surface area contributed by atoms with Gasteiger partial charge in [0.25, 0.3) is 0 Å². The van der Waals surface area contributed by atoms with Gasteiger partial charge in [-0.3, -0.25) is 9.79 Å². The Labute approximate surface area is 227 Å². The molecular formula is C31H42N6O. The lowest BCUT2D eigenvalue weighted by Crippen LogP contribution is -2.31. The first-order valence-corrected chi connectivity index (χ1v) is 13.6. The van der Waals surface area contributed by atoms with Gasteiger partial charge in [-0.25, -0.2) is 4.98 Å². The maximum atomic E-state index is 12.2. The molecular weight excluding hydrogens is 472 g/mol. The highest BCUT2D eigenvalue weighted by Gasteiger charge is 2.13. The summed E-state index contributed by atoms with van der Waals surface area (Å²) < 4.78 is 0. The predicted octanol–water partition coefficient (Wildman–Crippen LogP) is 5.82. The standard InChI is InChI=1S/C31H42N6O/c1-6-18-36(5)20-17-33-21-28(32-4)26-13-9-24(10-14-26)25-11-15-27(16-12-25)29-22-34-30(35-29)23-37(19-7-2)31(38)8-3/h9-17,21-22,32H,6-8,18-20,23H2,1-5H3,(H,34,35)/b28-21-,33-17?. The zero-order valence-corrected chi connectivity index (χ0v) is 23.5. The normalized spacial score (nSPS) is 11.9. The van der Waals surface area contributed by atoms with Gasteiger partial charge in [-0.1, -0.05) is 69.3 Å². The van der Waals surface area contributed by atoms with Crippen molar-refractivity contribution in [2.24, 2.45) is 4.99 Å². The van der Waals surface area contributed by atoms with Gasteiger partial charge in [0.15, 0.2) is 0 Å². The summed E-state index contributed by atoms with van der Waals surface area (Å²) in [5.74, 6) is 0.959. The van der Waals surface area contributed by atoms with E-state index in [9.17, 15) is 4.79 Å². The van der Waals surface area contributed by atoms with Gasteiger partial charge in [-0.05, 0) is 48.7 Å². The van der Waals surface area contributed by atoms with Crippen LogP contribution in [0.1, 0.15) is 51.4 Å². The van der Waals surface area contributed by atoms with Gasteiger partial charge in [0.05, 0.1) is 30.3 Å². The fourth-order valence-electron chi connectivity index (χ4n) is 4.31. The topological polar surface area (TPSA) is 76.6 Å². The van der Waals surface area contributed by atoms with Crippen LogP contribution >= 0.6 is 0 Å². The molecule has 0 aliphatic heterocycles. The lowest BCUT2D eigenvalue weighted by atomic mass is 10.0. The Morgan fingerprint density at radius 2 is 1.61 bits per heavy atom. The smallest absolute Gasteiger partial charge is 0.222 e. The molecule has 0 aliphatic rings. The van der Waals surface area contributed by atoms with E-state index in [0.29, 0.717) is 13.0 Å². The highest BCUT2D eigenvalue weighted by molar-refractivity contribution is 5.76. The number of nitrogens with one attached hydrogen (secondary N) is 2. The molecule has 1 heterocycles. The third kappa shape index (κ3) is 8.15. The van der Waals surface area contributed by atoms with E-state index in [-0.39, 0.29) is 5.91 Å². The minimum atomic E-state index is 0.153. The van der Waals surface area contributed by atoms with Crippen molar-refractivity contribution in [1.29, 1.82) is 0 Å². The van der Waals surface area contributed by atoms with E-state index < -0.39 is 0 Å². The number of carbonyl (C=O) groups excluding carboxylic acids is 1.